The van der Waals surface area contributed by atoms with Crippen LogP contribution in [-0.2, 0) is 0 Å². The fraction of sp³-hybridized carbons (Fsp3) is 0.167. The zero-order valence-electron chi connectivity index (χ0n) is 10.5. The van der Waals surface area contributed by atoms with Gasteiger partial charge in [-0.1, -0.05) is 0 Å². The van der Waals surface area contributed by atoms with E-state index in [0.717, 1.165) is 10.7 Å². The normalized spacial score (nSPS) is 10.2. The number of hydrogen-bond acceptors (Lipinski definition) is 6. The van der Waals surface area contributed by atoms with Crippen molar-refractivity contribution >= 4 is 5.82 Å². The molecule has 0 radical (unpaired) electrons. The second-order valence-electron chi connectivity index (χ2n) is 3.70. The van der Waals surface area contributed by atoms with E-state index in [1.807, 2.05) is 0 Å². The Morgan fingerprint density at radius 1 is 1.26 bits per heavy atom. The van der Waals surface area contributed by atoms with E-state index in [1.54, 1.807) is 18.2 Å². The lowest BCUT2D eigenvalue weighted by atomic mass is 10.2. The van der Waals surface area contributed by atoms with Gasteiger partial charge in [0.1, 0.15) is 17.2 Å². The molecule has 0 spiro atoms. The van der Waals surface area contributed by atoms with Crippen molar-refractivity contribution in [3.8, 4) is 22.9 Å². The van der Waals surface area contributed by atoms with Gasteiger partial charge in [0.15, 0.2) is 11.6 Å². The third-order valence-electron chi connectivity index (χ3n) is 2.55. The second kappa shape index (κ2) is 4.89. The number of rotatable bonds is 3. The van der Waals surface area contributed by atoms with Crippen LogP contribution in [0.2, 0.25) is 0 Å². The molecule has 0 saturated carbocycles. The predicted octanol–water partition coefficient (Wildman–Crippen LogP) is 0.537. The van der Waals surface area contributed by atoms with Gasteiger partial charge in [0.05, 0.1) is 20.3 Å². The number of nitrogen functional groups attached to an aromatic ring is 1. The van der Waals surface area contributed by atoms with E-state index < -0.39 is 5.56 Å². The molecule has 7 nitrogen and oxygen atoms in total. The van der Waals surface area contributed by atoms with Crippen LogP contribution < -0.4 is 20.8 Å². The summed E-state index contributed by atoms with van der Waals surface area (Å²) in [6, 6.07) is 5.89. The van der Waals surface area contributed by atoms with E-state index in [2.05, 4.69) is 5.10 Å². The molecule has 1 aromatic heterocycles. The highest BCUT2D eigenvalue weighted by Crippen LogP contribution is 2.27. The summed E-state index contributed by atoms with van der Waals surface area (Å²) in [4.78, 5) is 11.8. The Balaban J connectivity index is 2.65. The highest BCUT2D eigenvalue weighted by atomic mass is 16.5. The van der Waals surface area contributed by atoms with Gasteiger partial charge in [0.25, 0.3) is 5.56 Å². The molecule has 0 aliphatic rings. The molecule has 0 saturated heterocycles. The number of ether oxygens (including phenoxy) is 2. The van der Waals surface area contributed by atoms with E-state index in [9.17, 15) is 9.90 Å². The van der Waals surface area contributed by atoms with Crippen LogP contribution in [0.15, 0.2) is 29.1 Å². The molecule has 100 valence electrons. The third-order valence-corrected chi connectivity index (χ3v) is 2.55. The number of aromatic nitrogens is 2. The van der Waals surface area contributed by atoms with Crippen molar-refractivity contribution in [2.75, 3.05) is 20.0 Å². The second-order valence-corrected chi connectivity index (χ2v) is 3.70. The van der Waals surface area contributed by atoms with Crippen molar-refractivity contribution in [3.63, 3.8) is 0 Å². The first kappa shape index (κ1) is 12.7. The lowest BCUT2D eigenvalue weighted by molar-refractivity contribution is 0.392. The standard InChI is InChI=1S/C12H13N3O4/c1-18-7-3-4-8(10(5-7)19-2)15-11(17)6-9(16)12(13)14-15/h3-6,16H,1-2H3,(H2,13,14). The first-order valence-electron chi connectivity index (χ1n) is 5.38. The molecule has 0 unspecified atom stereocenters. The monoisotopic (exact) mass is 263 g/mol. The van der Waals surface area contributed by atoms with Crippen LogP contribution in [0.3, 0.4) is 0 Å². The maximum absolute atomic E-state index is 11.8. The molecule has 2 aromatic rings. The average Bonchev–Trinajstić information content (AvgIpc) is 2.42. The SMILES string of the molecule is COc1ccc(-n2nc(N)c(O)cc2=O)c(OC)c1. The number of aromatic hydroxyl groups is 1. The highest BCUT2D eigenvalue weighted by molar-refractivity contribution is 5.52. The zero-order chi connectivity index (χ0) is 14.0. The fourth-order valence-corrected chi connectivity index (χ4v) is 1.59. The summed E-state index contributed by atoms with van der Waals surface area (Å²) < 4.78 is 11.3. The van der Waals surface area contributed by atoms with Gasteiger partial charge in [0.2, 0.25) is 0 Å². The molecule has 0 amide bonds. The van der Waals surface area contributed by atoms with Gasteiger partial charge in [0, 0.05) is 6.07 Å². The van der Waals surface area contributed by atoms with Gasteiger partial charge in [-0.15, -0.1) is 5.10 Å². The summed E-state index contributed by atoms with van der Waals surface area (Å²) in [7, 11) is 2.99. The Kier molecular flexibility index (Phi) is 3.28. The van der Waals surface area contributed by atoms with Gasteiger partial charge in [-0.05, 0) is 12.1 Å². The summed E-state index contributed by atoms with van der Waals surface area (Å²) >= 11 is 0. The van der Waals surface area contributed by atoms with Gasteiger partial charge in [-0.3, -0.25) is 4.79 Å². The molecule has 0 aliphatic carbocycles. The van der Waals surface area contributed by atoms with Gasteiger partial charge in [-0.2, -0.15) is 4.68 Å². The molecule has 0 bridgehead atoms. The van der Waals surface area contributed by atoms with Crippen molar-refractivity contribution in [1.82, 2.24) is 9.78 Å². The van der Waals surface area contributed by atoms with Gasteiger partial charge < -0.3 is 20.3 Å². The molecule has 7 heteroatoms. The first-order valence-corrected chi connectivity index (χ1v) is 5.38. The highest BCUT2D eigenvalue weighted by Gasteiger charge is 2.12. The van der Waals surface area contributed by atoms with Crippen LogP contribution in [-0.4, -0.2) is 29.1 Å². The Hall–Kier alpha value is -2.70. The van der Waals surface area contributed by atoms with Crippen molar-refractivity contribution in [2.24, 2.45) is 0 Å². The number of hydrogen-bond donors (Lipinski definition) is 2. The van der Waals surface area contributed by atoms with Gasteiger partial charge in [-0.25, -0.2) is 0 Å². The summed E-state index contributed by atoms with van der Waals surface area (Å²) in [5, 5.41) is 13.1. The number of benzene rings is 1. The number of methoxy groups -OCH3 is 2. The number of anilines is 1. The Morgan fingerprint density at radius 2 is 2.00 bits per heavy atom. The van der Waals surface area contributed by atoms with E-state index in [1.165, 1.54) is 14.2 Å². The quantitative estimate of drug-likeness (QED) is 0.838. The Morgan fingerprint density at radius 3 is 2.63 bits per heavy atom. The van der Waals surface area contributed by atoms with Crippen LogP contribution in [0, 0.1) is 0 Å². The van der Waals surface area contributed by atoms with E-state index >= 15 is 0 Å². The van der Waals surface area contributed by atoms with Crippen LogP contribution >= 0.6 is 0 Å². The van der Waals surface area contributed by atoms with Crippen molar-refractivity contribution < 1.29 is 14.6 Å². The van der Waals surface area contributed by atoms with Crippen LogP contribution in [0.5, 0.6) is 17.2 Å². The van der Waals surface area contributed by atoms with Crippen molar-refractivity contribution in [1.29, 1.82) is 0 Å². The van der Waals surface area contributed by atoms with Crippen molar-refractivity contribution in [2.45, 2.75) is 0 Å². The molecule has 0 aliphatic heterocycles. The predicted molar refractivity (Wildman–Crippen MR) is 69.0 cm³/mol. The smallest absolute Gasteiger partial charge is 0.275 e. The molecule has 19 heavy (non-hydrogen) atoms. The topological polar surface area (TPSA) is 99.6 Å². The number of nitrogens with zero attached hydrogens (tertiary/aromatic N) is 2. The summed E-state index contributed by atoms with van der Waals surface area (Å²) in [5.41, 5.74) is 5.37. The molecular formula is C12H13N3O4. The average molecular weight is 263 g/mol. The molecule has 1 heterocycles. The maximum Gasteiger partial charge on any atom is 0.275 e. The summed E-state index contributed by atoms with van der Waals surface area (Å²) in [6.07, 6.45) is 0. The van der Waals surface area contributed by atoms with E-state index in [4.69, 9.17) is 15.2 Å². The molecule has 0 fully saturated rings. The zero-order valence-corrected chi connectivity index (χ0v) is 10.5. The minimum absolute atomic E-state index is 0.141. The molecule has 0 atom stereocenters. The first-order chi connectivity index (χ1) is 9.06. The Labute approximate surface area is 108 Å². The van der Waals surface area contributed by atoms with Crippen molar-refractivity contribution in [3.05, 3.63) is 34.6 Å². The molecule has 3 N–H and O–H groups in total. The summed E-state index contributed by atoms with van der Waals surface area (Å²) in [6.45, 7) is 0. The van der Waals surface area contributed by atoms with Crippen LogP contribution in [0.1, 0.15) is 0 Å². The van der Waals surface area contributed by atoms with E-state index in [0.29, 0.717) is 17.2 Å². The fourth-order valence-electron chi connectivity index (χ4n) is 1.59. The summed E-state index contributed by atoms with van der Waals surface area (Å²) in [5.74, 6) is 0.491. The largest absolute Gasteiger partial charge is 0.504 e. The van der Waals surface area contributed by atoms with E-state index in [-0.39, 0.29) is 11.6 Å². The minimum atomic E-state index is -0.518. The maximum atomic E-state index is 11.8. The lowest BCUT2D eigenvalue weighted by Crippen LogP contribution is -2.21. The van der Waals surface area contributed by atoms with Crippen LogP contribution in [0.25, 0.3) is 5.69 Å². The Bertz CT molecular complexity index is 667. The van der Waals surface area contributed by atoms with Gasteiger partial charge >= 0.3 is 0 Å². The molecule has 2 rings (SSSR count). The lowest BCUT2D eigenvalue weighted by Gasteiger charge is -2.11. The number of nitrogens with two attached hydrogens (primary N) is 1. The molecule has 1 aromatic carbocycles. The minimum Gasteiger partial charge on any atom is -0.504 e. The van der Waals surface area contributed by atoms with Crippen LogP contribution in [0.4, 0.5) is 5.82 Å². The third kappa shape index (κ3) is 2.30. The molecular weight excluding hydrogens is 250 g/mol.